The Morgan fingerprint density at radius 3 is 1.71 bits per heavy atom. The van der Waals surface area contributed by atoms with Crippen LogP contribution in [0.4, 0.5) is 0 Å². The fourth-order valence-electron chi connectivity index (χ4n) is 13.3. The van der Waals surface area contributed by atoms with Gasteiger partial charge in [-0.3, -0.25) is 38.6 Å². The van der Waals surface area contributed by atoms with E-state index in [-0.39, 0.29) is 23.8 Å². The predicted octanol–water partition coefficient (Wildman–Crippen LogP) is -10.2. The quantitative estimate of drug-likeness (QED) is 0.0345. The first-order valence-electron chi connectivity index (χ1n) is 34.0. The Morgan fingerprint density at radius 1 is 0.557 bits per heavy atom. The zero-order valence-corrected chi connectivity index (χ0v) is 56.8. The highest BCUT2D eigenvalue weighted by Crippen LogP contribution is 2.35. The normalized spacial score (nSPS) is 33.8. The van der Waals surface area contributed by atoms with Crippen LogP contribution in [0.25, 0.3) is 0 Å². The number of hydrogen-bond donors (Lipinski definition) is 22. The predicted molar refractivity (Wildman–Crippen MR) is 362 cm³/mol. The summed E-state index contributed by atoms with van der Waals surface area (Å²) < 4.78 is 35.1. The summed E-state index contributed by atoms with van der Waals surface area (Å²) >= 11 is 0. The van der Waals surface area contributed by atoms with Crippen molar-refractivity contribution >= 4 is 53.3 Å². The molecule has 0 bridgehead atoms. The molecule has 6 amide bonds. The van der Waals surface area contributed by atoms with Gasteiger partial charge in [-0.05, 0) is 34.4 Å². The molecule has 0 aliphatic carbocycles. The highest BCUT2D eigenvalue weighted by Gasteiger charge is 2.55. The van der Waals surface area contributed by atoms with E-state index in [1.54, 1.807) is 97.9 Å². The van der Waals surface area contributed by atoms with Gasteiger partial charge < -0.3 is 148 Å². The average Bonchev–Trinajstić information content (AvgIpc) is 1.40. The maximum absolute atomic E-state index is 15.3. The lowest BCUT2D eigenvalue weighted by Crippen LogP contribution is -2.70. The van der Waals surface area contributed by atoms with Gasteiger partial charge in [0.15, 0.2) is 30.5 Å². The van der Waals surface area contributed by atoms with Gasteiger partial charge in [-0.25, -0.2) is 4.99 Å². The molecule has 25 atom stereocenters. The summed E-state index contributed by atoms with van der Waals surface area (Å²) in [6.45, 7) is -4.08. The van der Waals surface area contributed by atoms with E-state index in [1.165, 1.54) is 24.3 Å². The third kappa shape index (κ3) is 17.9. The minimum Gasteiger partial charge on any atom is -0.462 e. The van der Waals surface area contributed by atoms with Crippen LogP contribution in [0.15, 0.2) is 125 Å². The number of aliphatic hydroxyl groups excluding tert-OH is 13. The van der Waals surface area contributed by atoms with Gasteiger partial charge in [0.25, 0.3) is 0 Å². The van der Waals surface area contributed by atoms with E-state index in [1.807, 2.05) is 0 Å². The maximum atomic E-state index is 15.3. The number of ether oxygens (including phenoxy) is 6. The molecule has 576 valence electrons. The summed E-state index contributed by atoms with van der Waals surface area (Å²) in [5.41, 5.74) is 13.9. The van der Waals surface area contributed by atoms with E-state index in [4.69, 9.17) is 39.9 Å². The second kappa shape index (κ2) is 35.5. The number of hydrogen-bond acceptors (Lipinski definition) is 32. The Hall–Kier alpha value is -9.17. The van der Waals surface area contributed by atoms with E-state index >= 15 is 9.59 Å². The summed E-state index contributed by atoms with van der Waals surface area (Å²) in [5.74, 6) is -11.1. The summed E-state index contributed by atoms with van der Waals surface area (Å²) in [6.07, 6.45) is -32.6. The molecule has 4 saturated heterocycles. The smallest absolute Gasteiger partial charge is 0.318 e. The Labute approximate surface area is 604 Å². The SMILES string of the molecule is CC(c1ccccc1)[C@H]1NC(=O)CNC(=O)[C@H](CO)NC(=O)[C@@H]([C@@H](O)[C@@H]2CN=C(N)N2[C@H]2O[C@H](CO)[C@@H](O)[C@H](O)[C@@H]2O)NC(=O)[C@H]([C@@H](O)[C@@H]2CNC(N)=N2)NC(=O)[C@@H](Cc2ccc(O[C@H]3O[C@H](CO)[C@@H](O[C@H]4O[C@H](CO)[C@@H](O)[C@H](OC(=O)C(c5ccccc5)c5ccccc5)[C@@H]4O)[C@H](O)[C@@H]3O)cc2)NC1=O. The fraction of sp³-hybridized carbons (Fsp3) is 0.515. The van der Waals surface area contributed by atoms with Crippen molar-refractivity contribution in [2.24, 2.45) is 21.5 Å². The number of nitrogens with zero attached hydrogens (tertiary/aromatic N) is 3. The standard InChI is InChI=1S/C68H88N12O26/c1-29(31-11-5-2-6-12-31)44-60(97)74-35(21-30-17-19-34(20-18-30)101-65-54(93)52(91)56(41(28-84)104-65)106-66-55(94)57(50(89)40(27-83)103-66)105-64(100)43(32-13-7-3-8-14-32)33-15-9-4-10-16-33)59(96)78-45(47(86)36-22-72-67(69)76-36)62(99)79-46(61(98)75-37(25-81)58(95)71-24-42(85)77-44)48(87)38-23-73-68(70)80(38)63-53(92)51(90)49(88)39(26-82)102-63/h2-20,29,35-41,43-57,63,65-66,81-84,86-94H,21-28H2,1H3,(H2,70,73)(H,71,95)(H,74,97)(H,75,98)(H,77,85)(H,78,96)(H,79,99)(H3,69,72,76)/t29?,35-,36+,37+,38+,39-,40-,41-,44-,45+,46-,47+,48+,49-,50-,51+,52-,53+,54+,55+,56-,57+,63+,65+,66-/m1/s1. The second-order valence-electron chi connectivity index (χ2n) is 26.2. The molecular formula is C68H88N12O26. The number of aliphatic imine (C=N–C) groups is 2. The molecule has 38 heteroatoms. The third-order valence-corrected chi connectivity index (χ3v) is 19.2. The van der Waals surface area contributed by atoms with Gasteiger partial charge >= 0.3 is 5.97 Å². The van der Waals surface area contributed by atoms with Crippen molar-refractivity contribution in [1.82, 2.24) is 42.1 Å². The molecule has 106 heavy (non-hydrogen) atoms. The van der Waals surface area contributed by atoms with Crippen molar-refractivity contribution in [2.45, 2.75) is 172 Å². The summed E-state index contributed by atoms with van der Waals surface area (Å²) in [6, 6.07) is 17.6. The van der Waals surface area contributed by atoms with Gasteiger partial charge in [-0.15, -0.1) is 0 Å². The molecule has 6 aliphatic rings. The monoisotopic (exact) mass is 1490 g/mol. The van der Waals surface area contributed by atoms with E-state index in [2.05, 4.69) is 47.2 Å². The van der Waals surface area contributed by atoms with Crippen LogP contribution in [0, 0.1) is 0 Å². The van der Waals surface area contributed by atoms with E-state index in [9.17, 15) is 90.4 Å². The van der Waals surface area contributed by atoms with Gasteiger partial charge in [-0.2, -0.15) is 0 Å². The lowest BCUT2D eigenvalue weighted by Gasteiger charge is -2.46. The van der Waals surface area contributed by atoms with Crippen molar-refractivity contribution in [2.75, 3.05) is 46.1 Å². The molecule has 0 radical (unpaired) electrons. The largest absolute Gasteiger partial charge is 0.462 e. The number of amides is 6. The van der Waals surface area contributed by atoms with Crippen molar-refractivity contribution in [3.8, 4) is 5.75 Å². The lowest BCUT2D eigenvalue weighted by atomic mass is 9.91. The highest BCUT2D eigenvalue weighted by molar-refractivity contribution is 5.98. The van der Waals surface area contributed by atoms with Crippen LogP contribution in [-0.4, -0.2) is 317 Å². The zero-order chi connectivity index (χ0) is 76.4. The minimum atomic E-state index is -2.37. The van der Waals surface area contributed by atoms with Gasteiger partial charge in [0.05, 0.1) is 51.6 Å². The number of nitrogens with two attached hydrogens (primary N) is 2. The fourth-order valence-corrected chi connectivity index (χ4v) is 13.3. The third-order valence-electron chi connectivity index (χ3n) is 19.2. The van der Waals surface area contributed by atoms with Crippen LogP contribution in [0.2, 0.25) is 0 Å². The Morgan fingerprint density at radius 2 is 1.11 bits per heavy atom. The van der Waals surface area contributed by atoms with Crippen molar-refractivity contribution in [1.29, 1.82) is 0 Å². The number of carbonyl (C=O) groups excluding carboxylic acids is 7. The van der Waals surface area contributed by atoms with Crippen LogP contribution >= 0.6 is 0 Å². The molecule has 0 aromatic heterocycles. The van der Waals surface area contributed by atoms with Crippen LogP contribution in [0.3, 0.4) is 0 Å². The highest BCUT2D eigenvalue weighted by atomic mass is 16.7. The van der Waals surface area contributed by atoms with E-state index < -0.39 is 252 Å². The van der Waals surface area contributed by atoms with Gasteiger partial charge in [0, 0.05) is 18.9 Å². The number of benzene rings is 4. The zero-order valence-electron chi connectivity index (χ0n) is 56.8. The molecule has 0 saturated carbocycles. The molecule has 4 fully saturated rings. The van der Waals surface area contributed by atoms with E-state index in [0.717, 1.165) is 4.90 Å². The van der Waals surface area contributed by atoms with Crippen LogP contribution in [-0.2, 0) is 63.7 Å². The number of nitrogens with one attached hydrogen (secondary N) is 7. The topological polar surface area (TPSA) is 602 Å². The van der Waals surface area contributed by atoms with Crippen molar-refractivity contribution < 1.29 is 128 Å². The van der Waals surface area contributed by atoms with Crippen LogP contribution < -0.4 is 53.4 Å². The van der Waals surface area contributed by atoms with Crippen molar-refractivity contribution in [3.63, 3.8) is 0 Å². The Balaban J connectivity index is 0.910. The summed E-state index contributed by atoms with van der Waals surface area (Å²) in [7, 11) is 0. The number of carbonyl (C=O) groups is 7. The number of guanidine groups is 2. The molecular weight excluding hydrogens is 1400 g/mol. The number of aliphatic hydroxyl groups is 13. The molecule has 0 spiro atoms. The molecule has 6 heterocycles. The average molecular weight is 1490 g/mol. The molecule has 24 N–H and O–H groups in total. The van der Waals surface area contributed by atoms with Crippen molar-refractivity contribution in [3.05, 3.63) is 138 Å². The summed E-state index contributed by atoms with van der Waals surface area (Å²) in [4.78, 5) is 111. The minimum absolute atomic E-state index is 0.0975. The molecule has 38 nitrogen and oxygen atoms in total. The van der Waals surface area contributed by atoms with Gasteiger partial charge in [0.2, 0.25) is 41.7 Å². The first-order valence-corrected chi connectivity index (χ1v) is 34.0. The number of rotatable bonds is 21. The van der Waals surface area contributed by atoms with Crippen LogP contribution in [0.1, 0.15) is 41.0 Å². The second-order valence-corrected chi connectivity index (χ2v) is 26.2. The van der Waals surface area contributed by atoms with Gasteiger partial charge in [0.1, 0.15) is 121 Å². The Kier molecular flexibility index (Phi) is 26.6. The molecule has 6 aliphatic heterocycles. The maximum Gasteiger partial charge on any atom is 0.318 e. The molecule has 4 aromatic rings. The molecule has 1 unspecified atom stereocenters. The Bertz CT molecular complexity index is 3690. The van der Waals surface area contributed by atoms with Crippen LogP contribution in [0.5, 0.6) is 5.75 Å². The molecule has 4 aromatic carbocycles. The first kappa shape index (κ1) is 79.4. The van der Waals surface area contributed by atoms with E-state index in [0.29, 0.717) is 16.7 Å². The first-order chi connectivity index (χ1) is 50.7. The number of esters is 1. The van der Waals surface area contributed by atoms with Gasteiger partial charge in [-0.1, -0.05) is 110 Å². The lowest BCUT2D eigenvalue weighted by molar-refractivity contribution is -0.353. The summed E-state index contributed by atoms with van der Waals surface area (Å²) in [5, 5.41) is 162. The molecule has 10 rings (SSSR count).